The molecular formula is C20H24O7. The number of aliphatic hydroxyl groups is 2. The van der Waals surface area contributed by atoms with Crippen LogP contribution in [0.4, 0.5) is 0 Å². The van der Waals surface area contributed by atoms with E-state index < -0.39 is 41.4 Å². The van der Waals surface area contributed by atoms with E-state index in [4.69, 9.17) is 14.2 Å². The van der Waals surface area contributed by atoms with Crippen LogP contribution >= 0.6 is 0 Å². The van der Waals surface area contributed by atoms with Crippen LogP contribution in [-0.2, 0) is 23.8 Å². The van der Waals surface area contributed by atoms with Crippen molar-refractivity contribution in [3.05, 3.63) is 23.0 Å². The van der Waals surface area contributed by atoms with Crippen molar-refractivity contribution in [2.24, 2.45) is 22.2 Å². The summed E-state index contributed by atoms with van der Waals surface area (Å²) in [7, 11) is 0. The molecule has 1 saturated carbocycles. The molecule has 0 radical (unpaired) electrons. The molecule has 3 aliphatic heterocycles. The van der Waals surface area contributed by atoms with Crippen molar-refractivity contribution < 1.29 is 34.0 Å². The Morgan fingerprint density at radius 2 is 1.85 bits per heavy atom. The number of hydrogen-bond donors (Lipinski definition) is 2. The van der Waals surface area contributed by atoms with E-state index in [9.17, 15) is 19.8 Å². The fraction of sp³-hybridized carbons (Fsp3) is 0.700. The van der Waals surface area contributed by atoms with E-state index in [1.807, 2.05) is 20.8 Å². The monoisotopic (exact) mass is 376 g/mol. The Labute approximate surface area is 157 Å². The molecule has 27 heavy (non-hydrogen) atoms. The summed E-state index contributed by atoms with van der Waals surface area (Å²) in [4.78, 5) is 24.4. The third-order valence-corrected chi connectivity index (χ3v) is 7.51. The van der Waals surface area contributed by atoms with Crippen molar-refractivity contribution in [1.82, 2.24) is 0 Å². The highest BCUT2D eigenvalue weighted by atomic mass is 16.7. The van der Waals surface area contributed by atoms with Gasteiger partial charge in [-0.1, -0.05) is 20.8 Å². The average molecular weight is 376 g/mol. The lowest BCUT2D eigenvalue weighted by Crippen LogP contribution is -2.56. The van der Waals surface area contributed by atoms with E-state index in [1.165, 1.54) is 0 Å². The van der Waals surface area contributed by atoms with Gasteiger partial charge in [0.05, 0.1) is 16.9 Å². The van der Waals surface area contributed by atoms with Gasteiger partial charge in [0.1, 0.15) is 11.9 Å². The molecule has 146 valence electrons. The highest BCUT2D eigenvalue weighted by Crippen LogP contribution is 2.76. The fourth-order valence-electron chi connectivity index (χ4n) is 6.41. The zero-order valence-electron chi connectivity index (χ0n) is 15.8. The largest absolute Gasteiger partial charge is 0.458 e. The van der Waals surface area contributed by atoms with Crippen molar-refractivity contribution in [1.29, 1.82) is 0 Å². The standard InChI is InChI=1S/C20H24O7/c1-8-9-5-13-19(7-10(9)25-15(8)23)12(21)6-11(18(2,3)4)20(19)14(22)16(24)27-17(20)26-13/h5,10-12,14,17,21-22H,6-7H2,1-4H3. The maximum atomic E-state index is 12.4. The number of carbonyl (C=O) groups is 2. The zero-order chi connectivity index (χ0) is 19.5. The van der Waals surface area contributed by atoms with E-state index in [0.29, 0.717) is 17.8 Å². The van der Waals surface area contributed by atoms with Gasteiger partial charge in [-0.25, -0.2) is 9.59 Å². The summed E-state index contributed by atoms with van der Waals surface area (Å²) in [6, 6.07) is 0. The molecule has 0 amide bonds. The van der Waals surface area contributed by atoms with Crippen molar-refractivity contribution >= 4 is 11.9 Å². The Kier molecular flexibility index (Phi) is 3.04. The fourth-order valence-corrected chi connectivity index (χ4v) is 6.41. The SMILES string of the molecule is CC1=C2C=C3OC4OC(=O)C(O)C45C(C(C)(C)C)CC(O)C35CC2OC1=O. The quantitative estimate of drug-likeness (QED) is 0.612. The van der Waals surface area contributed by atoms with E-state index in [1.54, 1.807) is 13.0 Å². The van der Waals surface area contributed by atoms with Crippen LogP contribution in [-0.4, -0.2) is 46.8 Å². The number of hydrogen-bond acceptors (Lipinski definition) is 7. The highest BCUT2D eigenvalue weighted by Gasteiger charge is 2.84. The first-order chi connectivity index (χ1) is 12.5. The Morgan fingerprint density at radius 3 is 2.52 bits per heavy atom. The lowest BCUT2D eigenvalue weighted by Gasteiger charge is -2.47. The second-order valence-electron chi connectivity index (χ2n) is 9.55. The molecule has 0 bridgehead atoms. The molecule has 2 N–H and O–H groups in total. The first-order valence-electron chi connectivity index (χ1n) is 9.42. The smallest absolute Gasteiger partial charge is 0.339 e. The van der Waals surface area contributed by atoms with E-state index in [0.717, 1.165) is 5.57 Å². The van der Waals surface area contributed by atoms with Crippen LogP contribution in [0.25, 0.3) is 0 Å². The molecule has 7 nitrogen and oxygen atoms in total. The summed E-state index contributed by atoms with van der Waals surface area (Å²) in [5, 5.41) is 22.3. The number of rotatable bonds is 0. The van der Waals surface area contributed by atoms with Gasteiger partial charge in [-0.15, -0.1) is 0 Å². The lowest BCUT2D eigenvalue weighted by atomic mass is 9.52. The molecule has 0 aromatic carbocycles. The van der Waals surface area contributed by atoms with Crippen molar-refractivity contribution in [2.75, 3.05) is 0 Å². The predicted octanol–water partition coefficient (Wildman–Crippen LogP) is 1.19. The number of esters is 2. The topological polar surface area (TPSA) is 102 Å². The van der Waals surface area contributed by atoms with Crippen LogP contribution in [0.3, 0.4) is 0 Å². The second kappa shape index (κ2) is 4.75. The lowest BCUT2D eigenvalue weighted by molar-refractivity contribution is -0.161. The summed E-state index contributed by atoms with van der Waals surface area (Å²) in [5.41, 5.74) is -1.19. The van der Waals surface area contributed by atoms with E-state index >= 15 is 0 Å². The molecule has 2 aliphatic carbocycles. The van der Waals surface area contributed by atoms with Gasteiger partial charge in [-0.05, 0) is 30.8 Å². The first-order valence-corrected chi connectivity index (χ1v) is 9.42. The number of aliphatic hydroxyl groups excluding tert-OH is 2. The summed E-state index contributed by atoms with van der Waals surface area (Å²) in [5.74, 6) is -0.834. The van der Waals surface area contributed by atoms with Crippen molar-refractivity contribution in [3.63, 3.8) is 0 Å². The number of ether oxygens (including phenoxy) is 3. The molecule has 2 saturated heterocycles. The minimum atomic E-state index is -1.40. The summed E-state index contributed by atoms with van der Waals surface area (Å²) < 4.78 is 17.0. The normalized spacial score (nSPS) is 47.6. The van der Waals surface area contributed by atoms with Crippen LogP contribution in [0.2, 0.25) is 0 Å². The molecule has 0 aromatic rings. The molecular weight excluding hydrogens is 352 g/mol. The molecule has 5 rings (SSSR count). The van der Waals surface area contributed by atoms with Crippen LogP contribution in [0.1, 0.15) is 40.5 Å². The second-order valence-corrected chi connectivity index (χ2v) is 9.55. The summed E-state index contributed by atoms with van der Waals surface area (Å²) in [6.07, 6.45) is -1.28. The number of carbonyl (C=O) groups excluding carboxylic acids is 2. The van der Waals surface area contributed by atoms with Gasteiger partial charge in [0.2, 0.25) is 0 Å². The molecule has 0 aromatic heterocycles. The zero-order valence-corrected chi connectivity index (χ0v) is 15.8. The van der Waals surface area contributed by atoms with Crippen LogP contribution in [0, 0.1) is 22.2 Å². The van der Waals surface area contributed by atoms with Crippen molar-refractivity contribution in [3.8, 4) is 0 Å². The maximum Gasteiger partial charge on any atom is 0.339 e. The predicted molar refractivity (Wildman–Crippen MR) is 90.7 cm³/mol. The Morgan fingerprint density at radius 1 is 1.15 bits per heavy atom. The maximum absolute atomic E-state index is 12.4. The Balaban J connectivity index is 1.77. The third-order valence-electron chi connectivity index (χ3n) is 7.51. The van der Waals surface area contributed by atoms with Gasteiger partial charge < -0.3 is 24.4 Å². The molecule has 7 unspecified atom stereocenters. The minimum absolute atomic E-state index is 0.221. The Bertz CT molecular complexity index is 834. The molecule has 3 heterocycles. The van der Waals surface area contributed by atoms with Gasteiger partial charge in [0, 0.05) is 17.6 Å². The van der Waals surface area contributed by atoms with E-state index in [-0.39, 0.29) is 23.7 Å². The van der Waals surface area contributed by atoms with E-state index in [2.05, 4.69) is 0 Å². The minimum Gasteiger partial charge on any atom is -0.458 e. The van der Waals surface area contributed by atoms with Gasteiger partial charge in [0.15, 0.2) is 6.10 Å². The molecule has 2 spiro atoms. The molecule has 7 heteroatoms. The molecule has 5 aliphatic rings. The van der Waals surface area contributed by atoms with Crippen LogP contribution in [0.15, 0.2) is 23.0 Å². The number of fused-ring (bicyclic) bond motifs is 1. The van der Waals surface area contributed by atoms with Crippen molar-refractivity contribution in [2.45, 2.75) is 65.1 Å². The van der Waals surface area contributed by atoms with Crippen LogP contribution < -0.4 is 0 Å². The van der Waals surface area contributed by atoms with Gasteiger partial charge in [-0.2, -0.15) is 0 Å². The van der Waals surface area contributed by atoms with Gasteiger partial charge in [0.25, 0.3) is 6.29 Å². The summed E-state index contributed by atoms with van der Waals surface area (Å²) >= 11 is 0. The van der Waals surface area contributed by atoms with Gasteiger partial charge >= 0.3 is 11.9 Å². The molecule has 3 fully saturated rings. The first kappa shape index (κ1) is 17.3. The summed E-state index contributed by atoms with van der Waals surface area (Å²) in [6.45, 7) is 7.79. The molecule has 7 atom stereocenters. The highest BCUT2D eigenvalue weighted by molar-refractivity contribution is 5.92. The average Bonchev–Trinajstić information content (AvgIpc) is 3.18. The third kappa shape index (κ3) is 1.67. The van der Waals surface area contributed by atoms with Crippen LogP contribution in [0.5, 0.6) is 0 Å². The Hall–Kier alpha value is -1.86. The van der Waals surface area contributed by atoms with Gasteiger partial charge in [-0.3, -0.25) is 0 Å².